The van der Waals surface area contributed by atoms with E-state index in [1.165, 1.54) is 5.56 Å². The summed E-state index contributed by atoms with van der Waals surface area (Å²) in [6.45, 7) is 5.72. The predicted octanol–water partition coefficient (Wildman–Crippen LogP) is 7.93. The fourth-order valence-corrected chi connectivity index (χ4v) is 3.38. The van der Waals surface area contributed by atoms with Gasteiger partial charge in [0.1, 0.15) is 0 Å². The summed E-state index contributed by atoms with van der Waals surface area (Å²) >= 11 is 0. The van der Waals surface area contributed by atoms with Crippen LogP contribution in [0.5, 0.6) is 0 Å². The van der Waals surface area contributed by atoms with Crippen LogP contribution in [0.15, 0.2) is 85.5 Å². The fourth-order valence-electron chi connectivity index (χ4n) is 3.38. The minimum Gasteiger partial charge on any atom is -0.203 e. The maximum Gasteiger partial charge on any atom is 0.167 e. The van der Waals surface area contributed by atoms with Crippen molar-refractivity contribution in [3.8, 4) is 22.3 Å². The molecule has 0 bridgehead atoms. The molecule has 0 N–H and O–H groups in total. The highest BCUT2D eigenvalue weighted by Gasteiger charge is 2.16. The predicted molar refractivity (Wildman–Crippen MR) is 119 cm³/mol. The van der Waals surface area contributed by atoms with Crippen molar-refractivity contribution in [3.63, 3.8) is 0 Å². The van der Waals surface area contributed by atoms with Crippen molar-refractivity contribution in [2.24, 2.45) is 0 Å². The Kier molecular flexibility index (Phi) is 7.13. The van der Waals surface area contributed by atoms with Crippen LogP contribution in [0.2, 0.25) is 0 Å². The number of aryl methyl sites for hydroxylation is 2. The summed E-state index contributed by atoms with van der Waals surface area (Å²) < 4.78 is 29.7. The molecular weight excluding hydrogens is 362 g/mol. The van der Waals surface area contributed by atoms with E-state index in [0.29, 0.717) is 11.1 Å². The zero-order chi connectivity index (χ0) is 20.6. The summed E-state index contributed by atoms with van der Waals surface area (Å²) in [5, 5.41) is 0. The van der Waals surface area contributed by atoms with Gasteiger partial charge in [-0.2, -0.15) is 0 Å². The number of hydrogen-bond donors (Lipinski definition) is 0. The second kappa shape index (κ2) is 9.97. The summed E-state index contributed by atoms with van der Waals surface area (Å²) in [4.78, 5) is 0. The van der Waals surface area contributed by atoms with Crippen LogP contribution in [0.3, 0.4) is 0 Å². The maximum absolute atomic E-state index is 14.8. The Balaban J connectivity index is 1.83. The molecule has 0 aliphatic carbocycles. The highest BCUT2D eigenvalue weighted by Crippen LogP contribution is 2.32. The molecule has 0 nitrogen and oxygen atoms in total. The summed E-state index contributed by atoms with van der Waals surface area (Å²) in [5.41, 5.74) is 4.26. The Morgan fingerprint density at radius 2 is 1.14 bits per heavy atom. The van der Waals surface area contributed by atoms with E-state index < -0.39 is 11.6 Å². The molecule has 148 valence electrons. The molecule has 29 heavy (non-hydrogen) atoms. The molecule has 0 radical (unpaired) electrons. The van der Waals surface area contributed by atoms with Crippen LogP contribution < -0.4 is 0 Å². The normalized spacial score (nSPS) is 11.1. The van der Waals surface area contributed by atoms with Gasteiger partial charge in [-0.3, -0.25) is 0 Å². The van der Waals surface area contributed by atoms with Crippen molar-refractivity contribution < 1.29 is 8.78 Å². The highest BCUT2D eigenvalue weighted by molar-refractivity contribution is 5.72. The molecule has 3 aromatic carbocycles. The van der Waals surface area contributed by atoms with Gasteiger partial charge in [0.05, 0.1) is 0 Å². The Bertz CT molecular complexity index is 980. The van der Waals surface area contributed by atoms with Crippen LogP contribution in [0.25, 0.3) is 22.3 Å². The molecular formula is C27H26F2. The van der Waals surface area contributed by atoms with E-state index in [1.54, 1.807) is 12.1 Å². The van der Waals surface area contributed by atoms with Gasteiger partial charge >= 0.3 is 0 Å². The van der Waals surface area contributed by atoms with Crippen molar-refractivity contribution in [3.05, 3.63) is 108 Å². The topological polar surface area (TPSA) is 0 Å². The van der Waals surface area contributed by atoms with Crippen LogP contribution in [0.1, 0.15) is 30.9 Å². The van der Waals surface area contributed by atoms with E-state index in [0.717, 1.165) is 31.2 Å². The van der Waals surface area contributed by atoms with Gasteiger partial charge in [-0.25, -0.2) is 8.78 Å². The van der Waals surface area contributed by atoms with E-state index in [9.17, 15) is 8.78 Å². The smallest absolute Gasteiger partial charge is 0.167 e. The highest BCUT2D eigenvalue weighted by atomic mass is 19.2. The molecule has 0 aromatic heterocycles. The van der Waals surface area contributed by atoms with E-state index in [4.69, 9.17) is 0 Å². The van der Waals surface area contributed by atoms with Crippen molar-refractivity contribution in [2.45, 2.75) is 32.6 Å². The Hall–Kier alpha value is -3.00. The average Bonchev–Trinajstić information content (AvgIpc) is 2.75. The third-order valence-electron chi connectivity index (χ3n) is 5.08. The van der Waals surface area contributed by atoms with Crippen molar-refractivity contribution >= 4 is 0 Å². The van der Waals surface area contributed by atoms with Crippen LogP contribution in [0.4, 0.5) is 8.78 Å². The molecule has 0 spiro atoms. The molecule has 0 amide bonds. The van der Waals surface area contributed by atoms with E-state index in [1.807, 2.05) is 67.6 Å². The van der Waals surface area contributed by atoms with Gasteiger partial charge in [0.25, 0.3) is 0 Å². The first-order chi connectivity index (χ1) is 14.1. The van der Waals surface area contributed by atoms with Crippen LogP contribution in [0, 0.1) is 11.6 Å². The fraction of sp³-hybridized carbons (Fsp3) is 0.185. The Morgan fingerprint density at radius 3 is 1.55 bits per heavy atom. The number of rotatable bonds is 8. The number of hydrogen-bond acceptors (Lipinski definition) is 0. The molecule has 0 heterocycles. The van der Waals surface area contributed by atoms with Gasteiger partial charge in [-0.15, -0.1) is 6.58 Å². The molecule has 3 rings (SSSR count). The first kappa shape index (κ1) is 20.7. The molecule has 3 aromatic rings. The lowest BCUT2D eigenvalue weighted by Crippen LogP contribution is -1.95. The number of allylic oxidation sites excluding steroid dienone is 3. The summed E-state index contributed by atoms with van der Waals surface area (Å²) in [6, 6.07) is 18.6. The maximum atomic E-state index is 14.8. The van der Waals surface area contributed by atoms with Crippen LogP contribution >= 0.6 is 0 Å². The van der Waals surface area contributed by atoms with Crippen molar-refractivity contribution in [1.29, 1.82) is 0 Å². The molecule has 0 atom stereocenters. The first-order valence-corrected chi connectivity index (χ1v) is 10.0. The molecule has 2 heteroatoms. The SMILES string of the molecule is C=CCCc1ccc(-c2ccc(-c3ccc(CCC=CC)cc3)c(F)c2F)cc1. The molecule has 0 saturated carbocycles. The molecule has 0 unspecified atom stereocenters. The minimum absolute atomic E-state index is 0.282. The van der Waals surface area contributed by atoms with Gasteiger partial charge < -0.3 is 0 Å². The number of halogens is 2. The van der Waals surface area contributed by atoms with Gasteiger partial charge in [-0.05, 0) is 54.9 Å². The molecule has 0 fully saturated rings. The van der Waals surface area contributed by atoms with Crippen molar-refractivity contribution in [1.82, 2.24) is 0 Å². The number of benzene rings is 3. The Morgan fingerprint density at radius 1 is 0.690 bits per heavy atom. The minimum atomic E-state index is -0.807. The zero-order valence-corrected chi connectivity index (χ0v) is 16.8. The molecule has 0 aliphatic heterocycles. The lowest BCUT2D eigenvalue weighted by atomic mass is 9.96. The first-order valence-electron chi connectivity index (χ1n) is 10.0. The second-order valence-corrected chi connectivity index (χ2v) is 7.12. The summed E-state index contributed by atoms with van der Waals surface area (Å²) in [7, 11) is 0. The quantitative estimate of drug-likeness (QED) is 0.344. The Labute approximate surface area is 172 Å². The zero-order valence-electron chi connectivity index (χ0n) is 16.8. The van der Waals surface area contributed by atoms with Gasteiger partial charge in [-0.1, -0.05) is 78.9 Å². The monoisotopic (exact) mass is 388 g/mol. The summed E-state index contributed by atoms with van der Waals surface area (Å²) in [6.07, 6.45) is 9.71. The standard InChI is InChI=1S/C27H26F2/c1-3-5-7-9-21-12-16-23(17-13-21)25-19-18-24(26(28)27(25)29)22-14-10-20(11-15-22)8-6-4-2/h3-5,10-19H,2,6-9H2,1H3. The molecule has 0 saturated heterocycles. The van der Waals surface area contributed by atoms with Crippen LogP contribution in [-0.2, 0) is 12.8 Å². The van der Waals surface area contributed by atoms with E-state index in [-0.39, 0.29) is 11.1 Å². The average molecular weight is 389 g/mol. The molecule has 0 aliphatic rings. The van der Waals surface area contributed by atoms with Crippen molar-refractivity contribution in [2.75, 3.05) is 0 Å². The lowest BCUT2D eigenvalue weighted by molar-refractivity contribution is 0.514. The van der Waals surface area contributed by atoms with Gasteiger partial charge in [0.15, 0.2) is 11.6 Å². The van der Waals surface area contributed by atoms with Gasteiger partial charge in [0.2, 0.25) is 0 Å². The van der Waals surface area contributed by atoms with Gasteiger partial charge in [0, 0.05) is 11.1 Å². The lowest BCUT2D eigenvalue weighted by Gasteiger charge is -2.10. The van der Waals surface area contributed by atoms with E-state index >= 15 is 0 Å². The second-order valence-electron chi connectivity index (χ2n) is 7.12. The summed E-state index contributed by atoms with van der Waals surface area (Å²) in [5.74, 6) is -1.61. The van der Waals surface area contributed by atoms with E-state index in [2.05, 4.69) is 12.7 Å². The van der Waals surface area contributed by atoms with Crippen LogP contribution in [-0.4, -0.2) is 0 Å². The third kappa shape index (κ3) is 5.08. The third-order valence-corrected chi connectivity index (χ3v) is 5.08. The largest absolute Gasteiger partial charge is 0.203 e.